The van der Waals surface area contributed by atoms with E-state index in [4.69, 9.17) is 10.8 Å². The molecule has 0 aromatic heterocycles. The Kier molecular flexibility index (Phi) is 6.78. The van der Waals surface area contributed by atoms with E-state index in [0.29, 0.717) is 16.7 Å². The number of anilines is 1. The second-order valence-corrected chi connectivity index (χ2v) is 6.82. The molecule has 19 heavy (non-hydrogen) atoms. The average Bonchev–Trinajstić information content (AvgIpc) is 2.33. The highest BCUT2D eigenvalue weighted by molar-refractivity contribution is 9.10. The number of hydrogen-bond donors (Lipinski definition) is 3. The largest absolute Gasteiger partial charge is 0.399 e. The Bertz CT molecular complexity index is 506. The highest BCUT2D eigenvalue weighted by Crippen LogP contribution is 2.23. The van der Waals surface area contributed by atoms with Crippen LogP contribution in [0, 0.1) is 0 Å². The smallest absolute Gasteiger partial charge is 0.241 e. The number of benzene rings is 1. The van der Waals surface area contributed by atoms with E-state index in [9.17, 15) is 8.42 Å². The Morgan fingerprint density at radius 1 is 1.21 bits per heavy atom. The fraction of sp³-hybridized carbons (Fsp3) is 0.500. The number of hydrogen-bond acceptors (Lipinski definition) is 4. The van der Waals surface area contributed by atoms with Gasteiger partial charge in [-0.25, -0.2) is 13.1 Å². The van der Waals surface area contributed by atoms with Crippen LogP contribution in [0.15, 0.2) is 27.6 Å². The van der Waals surface area contributed by atoms with Gasteiger partial charge in [0.1, 0.15) is 0 Å². The molecule has 0 saturated carbocycles. The predicted octanol–water partition coefficient (Wildman–Crippen LogP) is 1.86. The maximum absolute atomic E-state index is 12.0. The van der Waals surface area contributed by atoms with E-state index < -0.39 is 10.0 Å². The van der Waals surface area contributed by atoms with E-state index in [1.54, 1.807) is 12.1 Å². The lowest BCUT2D eigenvalue weighted by Gasteiger charge is -2.09. The molecule has 0 atom stereocenters. The summed E-state index contributed by atoms with van der Waals surface area (Å²) in [6.45, 7) is 0.578. The fourth-order valence-corrected chi connectivity index (χ4v) is 3.78. The molecule has 0 amide bonds. The number of nitrogens with two attached hydrogens (primary N) is 1. The SMILES string of the molecule is Nc1ccc(S(=O)(=O)NCCCCCCO)c(Br)c1. The molecule has 4 N–H and O–H groups in total. The zero-order valence-electron chi connectivity index (χ0n) is 10.6. The van der Waals surface area contributed by atoms with E-state index in [-0.39, 0.29) is 11.5 Å². The normalized spacial score (nSPS) is 11.7. The molecular formula is C12H19BrN2O3S. The van der Waals surface area contributed by atoms with Gasteiger partial charge in [-0.05, 0) is 47.0 Å². The Morgan fingerprint density at radius 2 is 1.89 bits per heavy atom. The van der Waals surface area contributed by atoms with Gasteiger partial charge in [0.05, 0.1) is 4.90 Å². The number of aliphatic hydroxyl groups excluding tert-OH is 1. The number of unbranched alkanes of at least 4 members (excludes halogenated alkanes) is 3. The third-order valence-electron chi connectivity index (χ3n) is 2.62. The minimum Gasteiger partial charge on any atom is -0.399 e. The van der Waals surface area contributed by atoms with E-state index in [1.165, 1.54) is 6.07 Å². The van der Waals surface area contributed by atoms with Crippen molar-refractivity contribution in [3.63, 3.8) is 0 Å². The van der Waals surface area contributed by atoms with E-state index in [1.807, 2.05) is 0 Å². The Hall–Kier alpha value is -0.630. The zero-order chi connectivity index (χ0) is 14.3. The van der Waals surface area contributed by atoms with Crippen molar-refractivity contribution in [3.8, 4) is 0 Å². The first-order chi connectivity index (χ1) is 8.97. The van der Waals surface area contributed by atoms with Crippen LogP contribution in [-0.2, 0) is 10.0 Å². The minimum atomic E-state index is -3.50. The molecule has 1 aromatic rings. The summed E-state index contributed by atoms with van der Waals surface area (Å²) in [5.74, 6) is 0. The van der Waals surface area contributed by atoms with Crippen molar-refractivity contribution in [2.75, 3.05) is 18.9 Å². The van der Waals surface area contributed by atoms with Gasteiger partial charge in [-0.3, -0.25) is 0 Å². The number of sulfonamides is 1. The Morgan fingerprint density at radius 3 is 2.53 bits per heavy atom. The van der Waals surface area contributed by atoms with Crippen molar-refractivity contribution < 1.29 is 13.5 Å². The Balaban J connectivity index is 2.52. The van der Waals surface area contributed by atoms with Crippen molar-refractivity contribution in [2.24, 2.45) is 0 Å². The molecule has 0 fully saturated rings. The molecule has 7 heteroatoms. The maximum Gasteiger partial charge on any atom is 0.241 e. The van der Waals surface area contributed by atoms with Crippen LogP contribution in [0.25, 0.3) is 0 Å². The van der Waals surface area contributed by atoms with Crippen LogP contribution in [0.5, 0.6) is 0 Å². The first kappa shape index (κ1) is 16.4. The van der Waals surface area contributed by atoms with Crippen LogP contribution in [0.1, 0.15) is 25.7 Å². The summed E-state index contributed by atoms with van der Waals surface area (Å²) in [6.07, 6.45) is 3.32. The van der Waals surface area contributed by atoms with Crippen molar-refractivity contribution >= 4 is 31.6 Å². The second-order valence-electron chi connectivity index (χ2n) is 4.23. The zero-order valence-corrected chi connectivity index (χ0v) is 13.0. The number of nitrogen functional groups attached to an aromatic ring is 1. The number of halogens is 1. The summed E-state index contributed by atoms with van der Waals surface area (Å²) in [5.41, 5.74) is 6.08. The third-order valence-corrected chi connectivity index (χ3v) is 5.06. The second kappa shape index (κ2) is 7.84. The molecule has 5 nitrogen and oxygen atoms in total. The molecule has 1 rings (SSSR count). The first-order valence-electron chi connectivity index (χ1n) is 6.13. The van der Waals surface area contributed by atoms with Crippen molar-refractivity contribution in [1.82, 2.24) is 4.72 Å². The lowest BCUT2D eigenvalue weighted by molar-refractivity contribution is 0.282. The average molecular weight is 351 g/mol. The van der Waals surface area contributed by atoms with E-state index in [0.717, 1.165) is 25.7 Å². The molecule has 0 aliphatic heterocycles. The molecule has 0 aliphatic rings. The molecule has 0 spiro atoms. The summed E-state index contributed by atoms with van der Waals surface area (Å²) in [7, 11) is -3.50. The van der Waals surface area contributed by atoms with Gasteiger partial charge in [-0.15, -0.1) is 0 Å². The standard InChI is InChI=1S/C12H19BrN2O3S/c13-11-9-10(14)5-6-12(11)19(17,18)15-7-3-1-2-4-8-16/h5-6,9,15-16H,1-4,7-8,14H2. The Labute approximate surface area is 122 Å². The van der Waals surface area contributed by atoms with Crippen molar-refractivity contribution in [3.05, 3.63) is 22.7 Å². The summed E-state index contributed by atoms with van der Waals surface area (Å²) < 4.78 is 27.1. The summed E-state index contributed by atoms with van der Waals surface area (Å²) in [4.78, 5) is 0.192. The topological polar surface area (TPSA) is 92.4 Å². The van der Waals surface area contributed by atoms with Gasteiger partial charge in [0.15, 0.2) is 0 Å². The minimum absolute atomic E-state index is 0.185. The molecule has 0 radical (unpaired) electrons. The van der Waals surface area contributed by atoms with Crippen molar-refractivity contribution in [1.29, 1.82) is 0 Å². The van der Waals surface area contributed by atoms with E-state index in [2.05, 4.69) is 20.7 Å². The molecule has 0 aliphatic carbocycles. The van der Waals surface area contributed by atoms with Gasteiger partial charge in [0.25, 0.3) is 0 Å². The van der Waals surface area contributed by atoms with Gasteiger partial charge in [0.2, 0.25) is 10.0 Å². The first-order valence-corrected chi connectivity index (χ1v) is 8.40. The van der Waals surface area contributed by atoms with Crippen LogP contribution < -0.4 is 10.5 Å². The number of rotatable bonds is 8. The van der Waals surface area contributed by atoms with Gasteiger partial charge in [-0.1, -0.05) is 12.8 Å². The van der Waals surface area contributed by atoms with Gasteiger partial charge < -0.3 is 10.8 Å². The number of nitrogens with one attached hydrogen (secondary N) is 1. The highest BCUT2D eigenvalue weighted by atomic mass is 79.9. The van der Waals surface area contributed by atoms with Crippen molar-refractivity contribution in [2.45, 2.75) is 30.6 Å². The number of aliphatic hydroxyl groups is 1. The fourth-order valence-electron chi connectivity index (χ4n) is 1.61. The monoisotopic (exact) mass is 350 g/mol. The van der Waals surface area contributed by atoms with Gasteiger partial charge in [-0.2, -0.15) is 0 Å². The summed E-state index contributed by atoms with van der Waals surface area (Å²) in [6, 6.07) is 4.60. The molecule has 0 bridgehead atoms. The lowest BCUT2D eigenvalue weighted by Crippen LogP contribution is -2.25. The van der Waals surface area contributed by atoms with Crippen LogP contribution in [-0.4, -0.2) is 26.7 Å². The van der Waals surface area contributed by atoms with Crippen LogP contribution in [0.3, 0.4) is 0 Å². The molecular weight excluding hydrogens is 332 g/mol. The molecule has 0 heterocycles. The summed E-state index contributed by atoms with van der Waals surface area (Å²) >= 11 is 3.20. The van der Waals surface area contributed by atoms with Crippen LogP contribution >= 0.6 is 15.9 Å². The summed E-state index contributed by atoms with van der Waals surface area (Å²) in [5, 5.41) is 8.63. The molecule has 108 valence electrons. The van der Waals surface area contributed by atoms with Crippen LogP contribution in [0.4, 0.5) is 5.69 Å². The quantitative estimate of drug-likeness (QED) is 0.492. The molecule has 1 aromatic carbocycles. The van der Waals surface area contributed by atoms with Gasteiger partial charge >= 0.3 is 0 Å². The lowest BCUT2D eigenvalue weighted by atomic mass is 10.2. The molecule has 0 saturated heterocycles. The predicted molar refractivity (Wildman–Crippen MR) is 79.3 cm³/mol. The van der Waals surface area contributed by atoms with Gasteiger partial charge in [0, 0.05) is 23.3 Å². The third kappa shape index (κ3) is 5.48. The molecule has 0 unspecified atom stereocenters. The van der Waals surface area contributed by atoms with Crippen LogP contribution in [0.2, 0.25) is 0 Å². The highest BCUT2D eigenvalue weighted by Gasteiger charge is 2.16. The van der Waals surface area contributed by atoms with E-state index >= 15 is 0 Å². The maximum atomic E-state index is 12.0.